The lowest BCUT2D eigenvalue weighted by Gasteiger charge is -2.16. The minimum absolute atomic E-state index is 0.0156. The summed E-state index contributed by atoms with van der Waals surface area (Å²) in [5.41, 5.74) is 3.14. The number of pyridine rings is 1. The van der Waals surface area contributed by atoms with E-state index in [1.165, 1.54) is 23.0 Å². The molecule has 0 bridgehead atoms. The molecule has 37 heavy (non-hydrogen) atoms. The summed E-state index contributed by atoms with van der Waals surface area (Å²) in [7, 11) is 0. The van der Waals surface area contributed by atoms with Gasteiger partial charge in [0, 0.05) is 5.39 Å². The highest BCUT2D eigenvalue weighted by Gasteiger charge is 2.36. The number of carbonyl (C=O) groups excluding carboxylic acids is 4. The Balaban J connectivity index is 1.51. The van der Waals surface area contributed by atoms with Gasteiger partial charge in [-0.3, -0.25) is 19.3 Å². The third kappa shape index (κ3) is 4.12. The van der Waals surface area contributed by atoms with Crippen LogP contribution in [-0.4, -0.2) is 56.5 Å². The molecule has 5 rings (SSSR count). The predicted molar refractivity (Wildman–Crippen MR) is 135 cm³/mol. The fourth-order valence-electron chi connectivity index (χ4n) is 4.35. The Hall–Kier alpha value is -4.86. The number of rotatable bonds is 6. The van der Waals surface area contributed by atoms with Gasteiger partial charge in [-0.1, -0.05) is 30.3 Å². The van der Waals surface area contributed by atoms with E-state index in [1.54, 1.807) is 25.1 Å². The Kier molecular flexibility index (Phi) is 6.00. The number of nitrogens with zero attached hydrogens (tertiary/aromatic N) is 4. The Morgan fingerprint density at radius 1 is 0.973 bits per heavy atom. The Labute approximate surface area is 211 Å². The summed E-state index contributed by atoms with van der Waals surface area (Å²) in [6, 6.07) is 14.0. The maximum absolute atomic E-state index is 13.1. The summed E-state index contributed by atoms with van der Waals surface area (Å²) in [6.07, 6.45) is 1.29. The number of aryl methyl sites for hydroxylation is 2. The smallest absolute Gasteiger partial charge is 0.343 e. The topological polar surface area (TPSA) is 123 Å². The van der Waals surface area contributed by atoms with E-state index < -0.39 is 30.2 Å². The van der Waals surface area contributed by atoms with Crippen LogP contribution >= 0.6 is 0 Å². The highest BCUT2D eigenvalue weighted by Crippen LogP contribution is 2.27. The van der Waals surface area contributed by atoms with Gasteiger partial charge >= 0.3 is 5.97 Å². The third-order valence-corrected chi connectivity index (χ3v) is 6.15. The molecule has 0 saturated carbocycles. The number of esters is 1. The molecule has 0 aliphatic carbocycles. The minimum atomic E-state index is -0.685. The molecule has 1 aliphatic heterocycles. The molecule has 0 radical (unpaired) electrons. The van der Waals surface area contributed by atoms with E-state index in [2.05, 4.69) is 10.4 Å². The SMILES string of the molecule is CCOC(=O)c1cnn(-c2cc(C)c3cccc(C)c3n2)c1NC(=O)CN1C(=O)c2ccccc2C1=O. The Bertz CT molecular complexity index is 1570. The molecule has 4 aromatic rings. The molecule has 10 heteroatoms. The molecule has 0 spiro atoms. The number of fused-ring (bicyclic) bond motifs is 2. The second-order valence-electron chi connectivity index (χ2n) is 8.60. The van der Waals surface area contributed by atoms with Crippen LogP contribution in [0.4, 0.5) is 5.82 Å². The van der Waals surface area contributed by atoms with Crippen molar-refractivity contribution >= 4 is 40.4 Å². The number of aromatic nitrogens is 3. The fourth-order valence-corrected chi connectivity index (χ4v) is 4.35. The number of imide groups is 1. The zero-order valence-electron chi connectivity index (χ0n) is 20.4. The van der Waals surface area contributed by atoms with E-state index in [0.717, 1.165) is 26.9 Å². The first kappa shape index (κ1) is 23.9. The molecule has 2 aromatic heterocycles. The van der Waals surface area contributed by atoms with Crippen LogP contribution in [0, 0.1) is 13.8 Å². The van der Waals surface area contributed by atoms with Crippen LogP contribution < -0.4 is 5.32 Å². The van der Waals surface area contributed by atoms with Crippen molar-refractivity contribution in [2.45, 2.75) is 20.8 Å². The van der Waals surface area contributed by atoms with Crippen LogP contribution in [0.25, 0.3) is 16.7 Å². The third-order valence-electron chi connectivity index (χ3n) is 6.15. The molecular formula is C27H23N5O5. The fraction of sp³-hybridized carbons (Fsp3) is 0.185. The number of hydrogen-bond acceptors (Lipinski definition) is 7. The van der Waals surface area contributed by atoms with Crippen molar-refractivity contribution in [2.75, 3.05) is 18.5 Å². The molecule has 0 atom stereocenters. The van der Waals surface area contributed by atoms with Gasteiger partial charge in [0.15, 0.2) is 11.6 Å². The Morgan fingerprint density at radius 2 is 1.68 bits per heavy atom. The van der Waals surface area contributed by atoms with Crippen LogP contribution in [0.15, 0.2) is 54.7 Å². The number of amides is 3. The summed E-state index contributed by atoms with van der Waals surface area (Å²) in [4.78, 5) is 56.8. The lowest BCUT2D eigenvalue weighted by atomic mass is 10.1. The van der Waals surface area contributed by atoms with Gasteiger partial charge in [0.1, 0.15) is 12.1 Å². The van der Waals surface area contributed by atoms with E-state index in [9.17, 15) is 19.2 Å². The first-order valence-electron chi connectivity index (χ1n) is 11.7. The van der Waals surface area contributed by atoms with E-state index in [-0.39, 0.29) is 29.1 Å². The van der Waals surface area contributed by atoms with Gasteiger partial charge in [0.25, 0.3) is 11.8 Å². The van der Waals surface area contributed by atoms with Crippen molar-refractivity contribution < 1.29 is 23.9 Å². The summed E-state index contributed by atoms with van der Waals surface area (Å²) in [6.45, 7) is 5.13. The van der Waals surface area contributed by atoms with Crippen molar-refractivity contribution in [1.82, 2.24) is 19.7 Å². The Morgan fingerprint density at radius 3 is 2.35 bits per heavy atom. The molecule has 0 saturated heterocycles. The second kappa shape index (κ2) is 9.30. The molecule has 2 aromatic carbocycles. The highest BCUT2D eigenvalue weighted by atomic mass is 16.5. The van der Waals surface area contributed by atoms with Gasteiger partial charge in [-0.05, 0) is 50.1 Å². The number of para-hydroxylation sites is 1. The van der Waals surface area contributed by atoms with Crippen LogP contribution in [0.2, 0.25) is 0 Å². The molecule has 3 amide bonds. The average molecular weight is 498 g/mol. The molecule has 0 fully saturated rings. The van der Waals surface area contributed by atoms with Gasteiger partial charge in [-0.15, -0.1) is 0 Å². The van der Waals surface area contributed by atoms with Crippen molar-refractivity contribution in [3.63, 3.8) is 0 Å². The number of carbonyl (C=O) groups is 4. The van der Waals surface area contributed by atoms with Crippen molar-refractivity contribution in [1.29, 1.82) is 0 Å². The average Bonchev–Trinajstić information content (AvgIpc) is 3.40. The highest BCUT2D eigenvalue weighted by molar-refractivity contribution is 6.22. The maximum atomic E-state index is 13.1. The summed E-state index contributed by atoms with van der Waals surface area (Å²) >= 11 is 0. The molecule has 1 N–H and O–H groups in total. The molecule has 3 heterocycles. The summed E-state index contributed by atoms with van der Waals surface area (Å²) in [5.74, 6) is -2.07. The first-order valence-corrected chi connectivity index (χ1v) is 11.7. The standard InChI is InChI=1S/C27H23N5O5/c1-4-37-27(36)20-13-28-32(21-12-16(3)17-11-7-8-15(2)23(17)29-21)24(20)30-22(33)14-31-25(34)18-9-5-6-10-19(18)26(31)35/h5-13H,4,14H2,1-3H3,(H,30,33). The molecule has 186 valence electrons. The first-order chi connectivity index (χ1) is 17.8. The number of anilines is 1. The largest absolute Gasteiger partial charge is 0.462 e. The number of benzene rings is 2. The summed E-state index contributed by atoms with van der Waals surface area (Å²) in [5, 5.41) is 7.92. The predicted octanol–water partition coefficient (Wildman–Crippen LogP) is 3.45. The number of nitrogens with one attached hydrogen (secondary N) is 1. The zero-order chi connectivity index (χ0) is 26.3. The van der Waals surface area contributed by atoms with Crippen molar-refractivity contribution in [3.05, 3.63) is 82.5 Å². The number of ether oxygens (including phenoxy) is 1. The normalized spacial score (nSPS) is 12.7. The van der Waals surface area contributed by atoms with Crippen LogP contribution in [-0.2, 0) is 9.53 Å². The maximum Gasteiger partial charge on any atom is 0.343 e. The molecular weight excluding hydrogens is 474 g/mol. The van der Waals surface area contributed by atoms with Crippen molar-refractivity contribution in [3.8, 4) is 5.82 Å². The van der Waals surface area contributed by atoms with Crippen LogP contribution in [0.1, 0.15) is 49.1 Å². The molecule has 0 unspecified atom stereocenters. The van der Waals surface area contributed by atoms with E-state index >= 15 is 0 Å². The zero-order valence-corrected chi connectivity index (χ0v) is 20.4. The van der Waals surface area contributed by atoms with E-state index in [1.807, 2.05) is 32.0 Å². The van der Waals surface area contributed by atoms with Gasteiger partial charge < -0.3 is 10.1 Å². The van der Waals surface area contributed by atoms with Gasteiger partial charge in [0.2, 0.25) is 5.91 Å². The van der Waals surface area contributed by atoms with E-state index in [4.69, 9.17) is 9.72 Å². The quantitative estimate of drug-likeness (QED) is 0.320. The molecule has 10 nitrogen and oxygen atoms in total. The lowest BCUT2D eigenvalue weighted by molar-refractivity contribution is -0.116. The monoisotopic (exact) mass is 497 g/mol. The molecule has 1 aliphatic rings. The number of hydrogen-bond donors (Lipinski definition) is 1. The van der Waals surface area contributed by atoms with E-state index in [0.29, 0.717) is 5.82 Å². The van der Waals surface area contributed by atoms with Crippen molar-refractivity contribution in [2.24, 2.45) is 0 Å². The summed E-state index contributed by atoms with van der Waals surface area (Å²) < 4.78 is 6.48. The minimum Gasteiger partial charge on any atom is -0.462 e. The van der Waals surface area contributed by atoms with Gasteiger partial charge in [-0.2, -0.15) is 9.78 Å². The van der Waals surface area contributed by atoms with Crippen LogP contribution in [0.5, 0.6) is 0 Å². The van der Waals surface area contributed by atoms with Gasteiger partial charge in [-0.25, -0.2) is 9.78 Å². The van der Waals surface area contributed by atoms with Gasteiger partial charge in [0.05, 0.1) is 29.4 Å². The van der Waals surface area contributed by atoms with Crippen LogP contribution in [0.3, 0.4) is 0 Å². The lowest BCUT2D eigenvalue weighted by Crippen LogP contribution is -2.37. The second-order valence-corrected chi connectivity index (χ2v) is 8.60.